The molecule has 4 nitrogen and oxygen atoms in total. The average molecular weight is 350 g/mol. The van der Waals surface area contributed by atoms with Crippen LogP contribution < -0.4 is 9.64 Å². The fraction of sp³-hybridized carbons (Fsp3) is 0.200. The Bertz CT molecular complexity index is 919. The predicted molar refractivity (Wildman–Crippen MR) is 101 cm³/mol. The van der Waals surface area contributed by atoms with Crippen molar-refractivity contribution in [1.29, 1.82) is 0 Å². The summed E-state index contributed by atoms with van der Waals surface area (Å²) in [6, 6.07) is 15.9. The Labute approximate surface area is 150 Å². The summed E-state index contributed by atoms with van der Waals surface area (Å²) in [5.74, 6) is 1.02. The SMILES string of the molecule is COc1ccccc1-c1nc(-c2cccc(N3CCCC3=O)c2)cs1. The fourth-order valence-electron chi connectivity index (χ4n) is 3.11. The Morgan fingerprint density at radius 2 is 2.04 bits per heavy atom. The molecule has 0 saturated carbocycles. The third-order valence-electron chi connectivity index (χ3n) is 4.37. The lowest BCUT2D eigenvalue weighted by molar-refractivity contribution is -0.117. The van der Waals surface area contributed by atoms with Crippen molar-refractivity contribution in [2.24, 2.45) is 0 Å². The van der Waals surface area contributed by atoms with E-state index in [9.17, 15) is 4.79 Å². The number of hydrogen-bond donors (Lipinski definition) is 0. The Hall–Kier alpha value is -2.66. The number of anilines is 1. The first kappa shape index (κ1) is 15.8. The van der Waals surface area contributed by atoms with E-state index in [2.05, 4.69) is 0 Å². The first-order valence-electron chi connectivity index (χ1n) is 8.26. The van der Waals surface area contributed by atoms with Crippen LogP contribution in [0, 0.1) is 0 Å². The van der Waals surface area contributed by atoms with E-state index in [1.165, 1.54) is 0 Å². The molecule has 126 valence electrons. The topological polar surface area (TPSA) is 42.4 Å². The lowest BCUT2D eigenvalue weighted by Crippen LogP contribution is -2.23. The van der Waals surface area contributed by atoms with Gasteiger partial charge in [-0.15, -0.1) is 11.3 Å². The van der Waals surface area contributed by atoms with Crippen molar-refractivity contribution >= 4 is 22.9 Å². The molecule has 0 aliphatic carbocycles. The van der Waals surface area contributed by atoms with Crippen LogP contribution in [0.2, 0.25) is 0 Å². The van der Waals surface area contributed by atoms with Gasteiger partial charge in [-0.25, -0.2) is 4.98 Å². The number of hydrogen-bond acceptors (Lipinski definition) is 4. The largest absolute Gasteiger partial charge is 0.496 e. The zero-order valence-electron chi connectivity index (χ0n) is 13.9. The zero-order valence-corrected chi connectivity index (χ0v) is 14.8. The van der Waals surface area contributed by atoms with Gasteiger partial charge in [0.25, 0.3) is 0 Å². The standard InChI is InChI=1S/C20H18N2O2S/c1-24-18-9-3-2-8-16(18)20-21-17(13-25-20)14-6-4-7-15(12-14)22-11-5-10-19(22)23/h2-4,6-9,12-13H,5,10-11H2,1H3. The molecule has 1 aliphatic rings. The minimum absolute atomic E-state index is 0.199. The molecule has 2 aromatic carbocycles. The summed E-state index contributed by atoms with van der Waals surface area (Å²) in [6.45, 7) is 0.797. The van der Waals surface area contributed by atoms with Crippen LogP contribution in [0.5, 0.6) is 5.75 Å². The first-order valence-corrected chi connectivity index (χ1v) is 9.14. The molecule has 3 aromatic rings. The van der Waals surface area contributed by atoms with Gasteiger partial charge in [0.15, 0.2) is 0 Å². The number of nitrogens with zero attached hydrogens (tertiary/aromatic N) is 2. The third-order valence-corrected chi connectivity index (χ3v) is 5.24. The smallest absolute Gasteiger partial charge is 0.227 e. The predicted octanol–water partition coefficient (Wildman–Crippen LogP) is 4.61. The van der Waals surface area contributed by atoms with E-state index < -0.39 is 0 Å². The van der Waals surface area contributed by atoms with Crippen LogP contribution in [0.15, 0.2) is 53.9 Å². The number of aromatic nitrogens is 1. The second kappa shape index (κ2) is 6.69. The van der Waals surface area contributed by atoms with Gasteiger partial charge in [-0.2, -0.15) is 0 Å². The maximum absolute atomic E-state index is 12.0. The molecule has 0 bridgehead atoms. The molecule has 1 aliphatic heterocycles. The van der Waals surface area contributed by atoms with E-state index in [4.69, 9.17) is 9.72 Å². The van der Waals surface area contributed by atoms with Gasteiger partial charge >= 0.3 is 0 Å². The molecule has 1 saturated heterocycles. The highest BCUT2D eigenvalue weighted by molar-refractivity contribution is 7.13. The number of thiazole rings is 1. The van der Waals surface area contributed by atoms with Crippen LogP contribution in [0.25, 0.3) is 21.8 Å². The Morgan fingerprint density at radius 1 is 1.16 bits per heavy atom. The van der Waals surface area contributed by atoms with Gasteiger partial charge in [-0.1, -0.05) is 24.3 Å². The van der Waals surface area contributed by atoms with Crippen molar-refractivity contribution in [3.63, 3.8) is 0 Å². The normalized spacial score (nSPS) is 14.1. The molecule has 1 fully saturated rings. The molecule has 0 radical (unpaired) electrons. The maximum atomic E-state index is 12.0. The van der Waals surface area contributed by atoms with E-state index in [1.807, 2.05) is 58.8 Å². The molecule has 0 unspecified atom stereocenters. The van der Waals surface area contributed by atoms with E-state index in [-0.39, 0.29) is 5.91 Å². The number of carbonyl (C=O) groups is 1. The summed E-state index contributed by atoms with van der Waals surface area (Å²) < 4.78 is 5.44. The minimum atomic E-state index is 0.199. The molecule has 5 heteroatoms. The third kappa shape index (κ3) is 3.03. The van der Waals surface area contributed by atoms with Gasteiger partial charge < -0.3 is 9.64 Å². The Balaban J connectivity index is 1.67. The molecule has 1 amide bonds. The lowest BCUT2D eigenvalue weighted by atomic mass is 10.1. The van der Waals surface area contributed by atoms with Crippen LogP contribution in [-0.2, 0) is 4.79 Å². The zero-order chi connectivity index (χ0) is 17.2. The van der Waals surface area contributed by atoms with Crippen LogP contribution in [-0.4, -0.2) is 24.5 Å². The van der Waals surface area contributed by atoms with Crippen molar-refractivity contribution in [2.75, 3.05) is 18.6 Å². The van der Waals surface area contributed by atoms with Crippen LogP contribution in [0.1, 0.15) is 12.8 Å². The van der Waals surface area contributed by atoms with Gasteiger partial charge in [0.05, 0.1) is 18.4 Å². The highest BCUT2D eigenvalue weighted by Crippen LogP contribution is 2.35. The van der Waals surface area contributed by atoms with Crippen molar-refractivity contribution in [3.8, 4) is 27.6 Å². The number of para-hydroxylation sites is 1. The number of rotatable bonds is 4. The summed E-state index contributed by atoms with van der Waals surface area (Å²) in [5, 5.41) is 2.97. The van der Waals surface area contributed by atoms with Crippen molar-refractivity contribution in [1.82, 2.24) is 4.98 Å². The summed E-state index contributed by atoms with van der Waals surface area (Å²) >= 11 is 1.59. The lowest BCUT2D eigenvalue weighted by Gasteiger charge is -2.16. The maximum Gasteiger partial charge on any atom is 0.227 e. The van der Waals surface area contributed by atoms with Crippen molar-refractivity contribution in [2.45, 2.75) is 12.8 Å². The van der Waals surface area contributed by atoms with Gasteiger partial charge in [-0.3, -0.25) is 4.79 Å². The summed E-state index contributed by atoms with van der Waals surface area (Å²) in [4.78, 5) is 18.6. The molecular weight excluding hydrogens is 332 g/mol. The monoisotopic (exact) mass is 350 g/mol. The van der Waals surface area contributed by atoms with Gasteiger partial charge in [0.2, 0.25) is 5.91 Å². The molecule has 2 heterocycles. The summed E-state index contributed by atoms with van der Waals surface area (Å²) in [7, 11) is 1.67. The van der Waals surface area contributed by atoms with E-state index in [0.29, 0.717) is 6.42 Å². The summed E-state index contributed by atoms with van der Waals surface area (Å²) in [6.07, 6.45) is 1.57. The quantitative estimate of drug-likeness (QED) is 0.690. The van der Waals surface area contributed by atoms with Gasteiger partial charge in [0.1, 0.15) is 10.8 Å². The average Bonchev–Trinajstić information content (AvgIpc) is 3.31. The number of amides is 1. The van der Waals surface area contributed by atoms with Gasteiger partial charge in [-0.05, 0) is 30.7 Å². The van der Waals surface area contributed by atoms with E-state index >= 15 is 0 Å². The van der Waals surface area contributed by atoms with Gasteiger partial charge in [0, 0.05) is 29.6 Å². The second-order valence-corrected chi connectivity index (χ2v) is 6.80. The highest BCUT2D eigenvalue weighted by Gasteiger charge is 2.22. The number of carbonyl (C=O) groups excluding carboxylic acids is 1. The van der Waals surface area contributed by atoms with Crippen LogP contribution >= 0.6 is 11.3 Å². The van der Waals surface area contributed by atoms with Crippen molar-refractivity contribution in [3.05, 3.63) is 53.9 Å². The first-order chi connectivity index (χ1) is 12.3. The molecule has 0 N–H and O–H groups in total. The van der Waals surface area contributed by atoms with Crippen molar-refractivity contribution < 1.29 is 9.53 Å². The molecule has 25 heavy (non-hydrogen) atoms. The highest BCUT2D eigenvalue weighted by atomic mass is 32.1. The Morgan fingerprint density at radius 3 is 2.84 bits per heavy atom. The number of benzene rings is 2. The molecule has 0 spiro atoms. The fourth-order valence-corrected chi connectivity index (χ4v) is 3.96. The summed E-state index contributed by atoms with van der Waals surface area (Å²) in [5.41, 5.74) is 3.88. The molecular formula is C20H18N2O2S. The van der Waals surface area contributed by atoms with Crippen LogP contribution in [0.3, 0.4) is 0 Å². The molecule has 1 aromatic heterocycles. The van der Waals surface area contributed by atoms with Crippen LogP contribution in [0.4, 0.5) is 5.69 Å². The number of ether oxygens (including phenoxy) is 1. The molecule has 4 rings (SSSR count). The number of methoxy groups -OCH3 is 1. The Kier molecular flexibility index (Phi) is 4.24. The minimum Gasteiger partial charge on any atom is -0.496 e. The second-order valence-electron chi connectivity index (χ2n) is 5.94. The molecule has 0 atom stereocenters. The van der Waals surface area contributed by atoms with E-state index in [0.717, 1.165) is 46.2 Å². The van der Waals surface area contributed by atoms with E-state index in [1.54, 1.807) is 18.4 Å².